The molecular weight excluding hydrogens is 234 g/mol. The minimum absolute atomic E-state index is 0.0430. The molecule has 0 aromatic heterocycles. The molecule has 0 N–H and O–H groups in total. The maximum absolute atomic E-state index is 12.1. The van der Waals surface area contributed by atoms with Crippen molar-refractivity contribution in [3.8, 4) is 0 Å². The molecule has 1 atom stereocenters. The molecule has 1 fully saturated rings. The second kappa shape index (κ2) is 4.63. The second-order valence-electron chi connectivity index (χ2n) is 6.62. The summed E-state index contributed by atoms with van der Waals surface area (Å²) in [5.41, 5.74) is -0.481. The van der Waals surface area contributed by atoms with Crippen molar-refractivity contribution >= 4 is 24.4 Å². The monoisotopic (exact) mass is 257 g/mol. The van der Waals surface area contributed by atoms with Gasteiger partial charge in [-0.3, -0.25) is 14.5 Å². The fourth-order valence-corrected chi connectivity index (χ4v) is 2.70. The molecule has 0 aliphatic carbocycles. The Morgan fingerprint density at radius 2 is 1.88 bits per heavy atom. The summed E-state index contributed by atoms with van der Waals surface area (Å²) >= 11 is 4.33. The van der Waals surface area contributed by atoms with Gasteiger partial charge in [0.15, 0.2) is 0 Å². The van der Waals surface area contributed by atoms with Gasteiger partial charge in [-0.15, -0.1) is 0 Å². The third kappa shape index (κ3) is 3.03. The van der Waals surface area contributed by atoms with Crippen molar-refractivity contribution in [2.75, 3.05) is 12.3 Å². The first kappa shape index (κ1) is 14.6. The van der Waals surface area contributed by atoms with Gasteiger partial charge in [-0.1, -0.05) is 34.6 Å². The Hall–Kier alpha value is -0.510. The molecule has 0 bridgehead atoms. The quantitative estimate of drug-likeness (QED) is 0.622. The van der Waals surface area contributed by atoms with E-state index in [0.29, 0.717) is 18.7 Å². The minimum Gasteiger partial charge on any atom is -0.282 e. The number of imide groups is 1. The van der Waals surface area contributed by atoms with Crippen molar-refractivity contribution in [3.05, 3.63) is 0 Å². The minimum atomic E-state index is -0.532. The van der Waals surface area contributed by atoms with E-state index in [0.717, 1.165) is 0 Å². The molecule has 0 aromatic carbocycles. The maximum Gasteiger partial charge on any atom is 0.235 e. The Morgan fingerprint density at radius 3 is 2.18 bits per heavy atom. The summed E-state index contributed by atoms with van der Waals surface area (Å²) in [5.74, 6) is 0.822. The normalized spacial score (nSPS) is 22.1. The number of carbonyl (C=O) groups excluding carboxylic acids is 2. The molecule has 3 nitrogen and oxygen atoms in total. The van der Waals surface area contributed by atoms with E-state index in [2.05, 4.69) is 33.4 Å². The molecule has 0 saturated carbocycles. The first-order chi connectivity index (χ1) is 7.59. The van der Waals surface area contributed by atoms with Crippen LogP contribution in [-0.4, -0.2) is 29.0 Å². The molecule has 1 aliphatic rings. The fraction of sp³-hybridized carbons (Fsp3) is 0.846. The van der Waals surface area contributed by atoms with Crippen LogP contribution in [0.5, 0.6) is 0 Å². The first-order valence-corrected chi connectivity index (χ1v) is 6.68. The van der Waals surface area contributed by atoms with Gasteiger partial charge in [0, 0.05) is 13.0 Å². The fourth-order valence-electron chi connectivity index (χ4n) is 2.04. The molecule has 1 aliphatic heterocycles. The molecule has 98 valence electrons. The maximum atomic E-state index is 12.1. The van der Waals surface area contributed by atoms with Crippen molar-refractivity contribution < 1.29 is 9.59 Å². The van der Waals surface area contributed by atoms with E-state index in [1.165, 1.54) is 4.90 Å². The zero-order chi connectivity index (χ0) is 13.4. The SMILES string of the molecule is CC1(C)CC(=O)N(CC(CS)C(C)(C)C)C1=O. The molecule has 2 amide bonds. The van der Waals surface area contributed by atoms with Gasteiger partial charge < -0.3 is 0 Å². The van der Waals surface area contributed by atoms with E-state index in [1.807, 2.05) is 13.8 Å². The van der Waals surface area contributed by atoms with Crippen LogP contribution in [0.3, 0.4) is 0 Å². The van der Waals surface area contributed by atoms with Crippen LogP contribution in [0.4, 0.5) is 0 Å². The third-order valence-electron chi connectivity index (χ3n) is 3.57. The number of rotatable bonds is 3. The highest BCUT2D eigenvalue weighted by atomic mass is 32.1. The molecular formula is C13H23NO2S. The van der Waals surface area contributed by atoms with Crippen LogP contribution in [0.15, 0.2) is 0 Å². The van der Waals surface area contributed by atoms with Gasteiger partial charge in [-0.25, -0.2) is 0 Å². The van der Waals surface area contributed by atoms with Gasteiger partial charge in [-0.2, -0.15) is 12.6 Å². The van der Waals surface area contributed by atoms with Crippen LogP contribution in [-0.2, 0) is 9.59 Å². The van der Waals surface area contributed by atoms with E-state index in [-0.39, 0.29) is 23.1 Å². The highest BCUT2D eigenvalue weighted by Crippen LogP contribution is 2.35. The van der Waals surface area contributed by atoms with Crippen LogP contribution in [0.2, 0.25) is 0 Å². The highest BCUT2D eigenvalue weighted by molar-refractivity contribution is 7.80. The Balaban J connectivity index is 2.82. The van der Waals surface area contributed by atoms with Gasteiger partial charge in [0.05, 0.1) is 5.41 Å². The molecule has 1 unspecified atom stereocenters. The van der Waals surface area contributed by atoms with Crippen molar-refractivity contribution in [1.29, 1.82) is 0 Å². The van der Waals surface area contributed by atoms with E-state index in [9.17, 15) is 9.59 Å². The molecule has 1 saturated heterocycles. The number of hydrogen-bond donors (Lipinski definition) is 1. The number of amides is 2. The first-order valence-electron chi connectivity index (χ1n) is 6.05. The average Bonchev–Trinajstić information content (AvgIpc) is 2.32. The zero-order valence-electron chi connectivity index (χ0n) is 11.4. The van der Waals surface area contributed by atoms with E-state index in [1.54, 1.807) is 0 Å². The Morgan fingerprint density at radius 1 is 1.35 bits per heavy atom. The smallest absolute Gasteiger partial charge is 0.235 e. The van der Waals surface area contributed by atoms with Crippen molar-refractivity contribution in [3.63, 3.8) is 0 Å². The molecule has 0 radical (unpaired) electrons. The summed E-state index contributed by atoms with van der Waals surface area (Å²) < 4.78 is 0. The number of likely N-dealkylation sites (tertiary alicyclic amines) is 1. The number of carbonyl (C=O) groups is 2. The Bertz CT molecular complexity index is 331. The molecule has 1 rings (SSSR count). The lowest BCUT2D eigenvalue weighted by Gasteiger charge is -2.32. The van der Waals surface area contributed by atoms with Gasteiger partial charge in [-0.05, 0) is 17.1 Å². The van der Waals surface area contributed by atoms with Gasteiger partial charge in [0.25, 0.3) is 0 Å². The molecule has 17 heavy (non-hydrogen) atoms. The van der Waals surface area contributed by atoms with Crippen LogP contribution in [0.1, 0.15) is 41.0 Å². The Labute approximate surface area is 109 Å². The Kier molecular flexibility index (Phi) is 3.97. The summed E-state index contributed by atoms with van der Waals surface area (Å²) in [6, 6.07) is 0. The summed E-state index contributed by atoms with van der Waals surface area (Å²) in [4.78, 5) is 25.4. The van der Waals surface area contributed by atoms with Crippen LogP contribution < -0.4 is 0 Å². The number of nitrogens with zero attached hydrogens (tertiary/aromatic N) is 1. The number of hydrogen-bond acceptors (Lipinski definition) is 3. The van der Waals surface area contributed by atoms with Gasteiger partial charge in [0.1, 0.15) is 0 Å². The molecule has 4 heteroatoms. The predicted octanol–water partition coefficient (Wildman–Crippen LogP) is 2.36. The van der Waals surface area contributed by atoms with E-state index >= 15 is 0 Å². The van der Waals surface area contributed by atoms with E-state index in [4.69, 9.17) is 0 Å². The van der Waals surface area contributed by atoms with Crippen molar-refractivity contribution in [2.24, 2.45) is 16.7 Å². The van der Waals surface area contributed by atoms with Crippen molar-refractivity contribution in [1.82, 2.24) is 4.90 Å². The summed E-state index contributed by atoms with van der Waals surface area (Å²) in [5, 5.41) is 0. The summed E-state index contributed by atoms with van der Waals surface area (Å²) in [6.45, 7) is 10.5. The van der Waals surface area contributed by atoms with Gasteiger partial charge in [0.2, 0.25) is 11.8 Å². The average molecular weight is 257 g/mol. The lowest BCUT2D eigenvalue weighted by atomic mass is 9.81. The standard InChI is InChI=1S/C13H23NO2S/c1-12(2,3)9(8-17)7-14-10(15)6-13(4,5)11(14)16/h9,17H,6-8H2,1-5H3. The number of thiol groups is 1. The highest BCUT2D eigenvalue weighted by Gasteiger charge is 2.45. The van der Waals surface area contributed by atoms with E-state index < -0.39 is 5.41 Å². The van der Waals surface area contributed by atoms with Gasteiger partial charge >= 0.3 is 0 Å². The van der Waals surface area contributed by atoms with Crippen LogP contribution in [0.25, 0.3) is 0 Å². The summed E-state index contributed by atoms with van der Waals surface area (Å²) in [6.07, 6.45) is 0.329. The molecule has 0 aromatic rings. The lowest BCUT2D eigenvalue weighted by molar-refractivity contribution is -0.141. The summed E-state index contributed by atoms with van der Waals surface area (Å²) in [7, 11) is 0. The topological polar surface area (TPSA) is 37.4 Å². The zero-order valence-corrected chi connectivity index (χ0v) is 12.3. The van der Waals surface area contributed by atoms with Crippen LogP contribution >= 0.6 is 12.6 Å². The molecule has 1 heterocycles. The van der Waals surface area contributed by atoms with Crippen LogP contribution in [0, 0.1) is 16.7 Å². The molecule has 0 spiro atoms. The van der Waals surface area contributed by atoms with Crippen molar-refractivity contribution in [2.45, 2.75) is 41.0 Å². The predicted molar refractivity (Wildman–Crippen MR) is 71.9 cm³/mol. The largest absolute Gasteiger partial charge is 0.282 e. The third-order valence-corrected chi connectivity index (χ3v) is 4.01. The lowest BCUT2D eigenvalue weighted by Crippen LogP contribution is -2.41. The second-order valence-corrected chi connectivity index (χ2v) is 6.98.